The molecule has 31 valence electrons. The van der Waals surface area contributed by atoms with Crippen molar-refractivity contribution in [1.29, 1.82) is 0 Å². The molecule has 0 aromatic rings. The molecule has 4 heavy (non-hydrogen) atoms. The van der Waals surface area contributed by atoms with E-state index in [0.717, 1.165) is 0 Å². The van der Waals surface area contributed by atoms with Crippen LogP contribution in [0.3, 0.4) is 0 Å². The molecule has 0 unspecified atom stereocenters. The minimum Gasteiger partial charge on any atom is 0 e. The van der Waals surface area contributed by atoms with E-state index < -0.39 is 0 Å². The third-order valence-electron chi connectivity index (χ3n) is 0. The van der Waals surface area contributed by atoms with Crippen molar-refractivity contribution in [2.75, 3.05) is 0 Å². The zero-order valence-electron chi connectivity index (χ0n) is 1.82. The molecule has 0 bridgehead atoms. The van der Waals surface area contributed by atoms with Crippen LogP contribution in [0.4, 0.5) is 0 Å². The summed E-state index contributed by atoms with van der Waals surface area (Å²) in [6.45, 7) is 0. The summed E-state index contributed by atoms with van der Waals surface area (Å²) in [5.41, 5.74) is 0. The van der Waals surface area contributed by atoms with Gasteiger partial charge in [0.15, 0.2) is 0 Å². The van der Waals surface area contributed by atoms with Crippen molar-refractivity contribution in [3.8, 4) is 0 Å². The molecule has 0 aliphatic rings. The zero-order valence-corrected chi connectivity index (χ0v) is 10.2. The van der Waals surface area contributed by atoms with Gasteiger partial charge in [-0.05, 0) is 0 Å². The van der Waals surface area contributed by atoms with Crippen LogP contribution in [0, 0.1) is 0 Å². The average molecular weight is 334 g/mol. The van der Waals surface area contributed by atoms with Gasteiger partial charge in [0.25, 0.3) is 0 Å². The first-order valence-electron chi connectivity index (χ1n) is 0. The van der Waals surface area contributed by atoms with Crippen molar-refractivity contribution in [1.82, 2.24) is 0 Å². The Bertz CT molecular complexity index is 8.00. The Morgan fingerprint density at radius 2 is 1.00 bits per heavy atom. The van der Waals surface area contributed by atoms with Gasteiger partial charge in [0.2, 0.25) is 0 Å². The molecule has 3 radical (unpaired) electrons. The molecule has 0 nitrogen and oxygen atoms in total. The third kappa shape index (κ3) is 8.83. The molecule has 0 aromatic heterocycles. The van der Waals surface area contributed by atoms with Crippen molar-refractivity contribution >= 4 is 23.9 Å². The van der Waals surface area contributed by atoms with Crippen LogP contribution >= 0.6 is 0 Å². The topological polar surface area (TPSA) is 0 Å². The van der Waals surface area contributed by atoms with Gasteiger partial charge in [-0.2, -0.15) is 0 Å². The van der Waals surface area contributed by atoms with E-state index in [1.165, 1.54) is 0 Å². The summed E-state index contributed by atoms with van der Waals surface area (Å²) in [7, 11) is 0. The van der Waals surface area contributed by atoms with Gasteiger partial charge in [0, 0.05) is 59.8 Å². The Balaban J connectivity index is 0. The minimum absolute atomic E-state index is 0. The molecule has 0 aromatic carbocycles. The predicted octanol–water partition coefficient (Wildman–Crippen LogP) is -0.924. The van der Waals surface area contributed by atoms with Gasteiger partial charge in [-0.15, -0.1) is 0 Å². The molecule has 4 heteroatoms. The molecule has 0 saturated heterocycles. The van der Waals surface area contributed by atoms with E-state index in [4.69, 9.17) is 0 Å². The second-order valence-electron chi connectivity index (χ2n) is 0. The molecule has 0 rings (SSSR count). The minimum atomic E-state index is 0. The maximum Gasteiger partial charge on any atom is 0 e. The van der Waals surface area contributed by atoms with Gasteiger partial charge in [-0.1, -0.05) is 0 Å². The largest absolute Gasteiger partial charge is 0 e. The van der Waals surface area contributed by atoms with Crippen molar-refractivity contribution in [3.05, 3.63) is 0 Å². The van der Waals surface area contributed by atoms with E-state index in [2.05, 4.69) is 0 Å². The first kappa shape index (κ1) is 29.9. The maximum atomic E-state index is 0. The summed E-state index contributed by atoms with van der Waals surface area (Å²) in [5, 5.41) is 0. The van der Waals surface area contributed by atoms with Crippen molar-refractivity contribution in [3.63, 3.8) is 0 Å². The fourth-order valence-corrected chi connectivity index (χ4v) is 0. The zero-order chi connectivity index (χ0) is 0. The van der Waals surface area contributed by atoms with E-state index in [1.807, 2.05) is 0 Å². The molecule has 0 aliphatic carbocycles. The maximum absolute atomic E-state index is 0. The molecule has 0 amide bonds. The fraction of sp³-hybridized carbons (Fsp3) is 0. The summed E-state index contributed by atoms with van der Waals surface area (Å²) in [6.07, 6.45) is 0. The Labute approximate surface area is 82.3 Å². The van der Waals surface area contributed by atoms with Crippen LogP contribution in [0.1, 0.15) is 0 Å². The Morgan fingerprint density at radius 1 is 1.00 bits per heavy atom. The molecular formula is H2CuNiSnZr. The second-order valence-corrected chi connectivity index (χ2v) is 0. The van der Waals surface area contributed by atoms with E-state index in [1.54, 1.807) is 0 Å². The van der Waals surface area contributed by atoms with Gasteiger partial charge >= 0.3 is 23.9 Å². The first-order valence-corrected chi connectivity index (χ1v) is 0. The number of hydrogen-bond donors (Lipinski definition) is 0. The molecular weight excluding hydrogens is 332 g/mol. The summed E-state index contributed by atoms with van der Waals surface area (Å²) in [4.78, 5) is 0. The van der Waals surface area contributed by atoms with Gasteiger partial charge in [-0.3, -0.25) is 0 Å². The van der Waals surface area contributed by atoms with E-state index in [-0.39, 0.29) is 83.7 Å². The quantitative estimate of drug-likeness (QED) is 0.503. The third-order valence-corrected chi connectivity index (χ3v) is 0. The van der Waals surface area contributed by atoms with Crippen LogP contribution in [0.15, 0.2) is 0 Å². The molecule has 0 N–H and O–H groups in total. The monoisotopic (exact) mass is 333 g/mol. The average Bonchev–Trinajstić information content (AvgIpc) is 0. The Morgan fingerprint density at radius 3 is 1.00 bits per heavy atom. The van der Waals surface area contributed by atoms with Crippen LogP contribution in [0.25, 0.3) is 0 Å². The van der Waals surface area contributed by atoms with Gasteiger partial charge < -0.3 is 0 Å². The summed E-state index contributed by atoms with van der Waals surface area (Å²) >= 11 is 0. The summed E-state index contributed by atoms with van der Waals surface area (Å²) in [6, 6.07) is 0. The SMILES string of the molecule is [Cu].[Ni].[SnH2].[Zr]. The van der Waals surface area contributed by atoms with Gasteiger partial charge in [-0.25, -0.2) is 0 Å². The second kappa shape index (κ2) is 17.3. The van der Waals surface area contributed by atoms with Gasteiger partial charge in [0.1, 0.15) is 0 Å². The predicted molar refractivity (Wildman–Crippen MR) is 8.54 cm³/mol. The van der Waals surface area contributed by atoms with E-state index in [9.17, 15) is 0 Å². The van der Waals surface area contributed by atoms with Crippen LogP contribution in [-0.4, -0.2) is 23.9 Å². The fourth-order valence-electron chi connectivity index (χ4n) is 0. The van der Waals surface area contributed by atoms with Crippen LogP contribution < -0.4 is 0 Å². The summed E-state index contributed by atoms with van der Waals surface area (Å²) in [5.74, 6) is 0. The van der Waals surface area contributed by atoms with Gasteiger partial charge in [0.05, 0.1) is 0 Å². The molecule has 0 fully saturated rings. The standard InChI is InChI=1S/Cu.Ni.Sn.Zr.2H. The van der Waals surface area contributed by atoms with E-state index in [0.29, 0.717) is 0 Å². The van der Waals surface area contributed by atoms with E-state index >= 15 is 0 Å². The van der Waals surface area contributed by atoms with Crippen LogP contribution in [0.5, 0.6) is 0 Å². The van der Waals surface area contributed by atoms with Crippen molar-refractivity contribution < 1.29 is 59.8 Å². The van der Waals surface area contributed by atoms with Crippen LogP contribution in [0.2, 0.25) is 0 Å². The number of hydrogen-bond acceptors (Lipinski definition) is 0. The summed E-state index contributed by atoms with van der Waals surface area (Å²) < 4.78 is 0. The molecule has 0 saturated carbocycles. The Kier molecular flexibility index (Phi) is 129. The molecule has 0 spiro atoms. The smallest absolute Gasteiger partial charge is 0 e. The normalized spacial score (nSPS) is 0. The van der Waals surface area contributed by atoms with Crippen molar-refractivity contribution in [2.45, 2.75) is 0 Å². The molecule has 0 aliphatic heterocycles. The number of rotatable bonds is 0. The Hall–Kier alpha value is 2.69. The molecule has 0 heterocycles. The first-order chi connectivity index (χ1) is 0. The van der Waals surface area contributed by atoms with Crippen LogP contribution in [-0.2, 0) is 59.8 Å². The molecule has 0 atom stereocenters. The van der Waals surface area contributed by atoms with Crippen molar-refractivity contribution in [2.24, 2.45) is 0 Å².